The van der Waals surface area contributed by atoms with Crippen LogP contribution >= 0.6 is 0 Å². The number of nitrogens with two attached hydrogens (primary N) is 1. The highest BCUT2D eigenvalue weighted by Gasteiger charge is 2.13. The van der Waals surface area contributed by atoms with Gasteiger partial charge in [-0.05, 0) is 26.1 Å². The number of aryl methyl sites for hydroxylation is 1. The molecule has 0 aliphatic rings. The van der Waals surface area contributed by atoms with Crippen LogP contribution < -0.4 is 5.73 Å². The van der Waals surface area contributed by atoms with Crippen molar-refractivity contribution in [2.45, 2.75) is 19.4 Å². The van der Waals surface area contributed by atoms with Crippen LogP contribution in [-0.2, 0) is 11.2 Å². The molecule has 5 heteroatoms. The fraction of sp³-hybridized carbons (Fsp3) is 0.545. The predicted octanol–water partition coefficient (Wildman–Crippen LogP) is 0.474. The summed E-state index contributed by atoms with van der Waals surface area (Å²) < 4.78 is 5.41. The summed E-state index contributed by atoms with van der Waals surface area (Å²) in [6, 6.07) is 3.02. The highest BCUT2D eigenvalue weighted by atomic mass is 16.4. The monoisotopic (exact) mass is 226 g/mol. The second kappa shape index (κ2) is 5.67. The lowest BCUT2D eigenvalue weighted by atomic mass is 10.2. The molecule has 0 aromatic carbocycles. The maximum Gasteiger partial charge on any atom is 0.321 e. The highest BCUT2D eigenvalue weighted by Crippen LogP contribution is 2.07. The van der Waals surface area contributed by atoms with Gasteiger partial charge in [0, 0.05) is 19.5 Å². The second-order valence-electron chi connectivity index (χ2n) is 3.97. The van der Waals surface area contributed by atoms with Crippen molar-refractivity contribution in [3.63, 3.8) is 0 Å². The van der Waals surface area contributed by atoms with Crippen LogP contribution in [0.25, 0.3) is 0 Å². The van der Waals surface area contributed by atoms with Crippen LogP contribution in [0.15, 0.2) is 16.5 Å². The lowest BCUT2D eigenvalue weighted by Crippen LogP contribution is -2.41. The van der Waals surface area contributed by atoms with Crippen molar-refractivity contribution in [1.82, 2.24) is 4.90 Å². The maximum atomic E-state index is 10.5. The van der Waals surface area contributed by atoms with E-state index < -0.39 is 12.0 Å². The summed E-state index contributed by atoms with van der Waals surface area (Å²) in [7, 11) is 1.85. The lowest BCUT2D eigenvalue weighted by molar-refractivity contribution is -0.138. The maximum absolute atomic E-state index is 10.5. The number of hydrogen-bond donors (Lipinski definition) is 2. The second-order valence-corrected chi connectivity index (χ2v) is 3.97. The van der Waals surface area contributed by atoms with E-state index in [1.165, 1.54) is 0 Å². The highest BCUT2D eigenvalue weighted by molar-refractivity contribution is 5.73. The van der Waals surface area contributed by atoms with E-state index in [9.17, 15) is 4.79 Å². The molecule has 0 fully saturated rings. The van der Waals surface area contributed by atoms with Crippen LogP contribution in [-0.4, -0.2) is 42.2 Å². The smallest absolute Gasteiger partial charge is 0.321 e. The molecule has 0 aliphatic carbocycles. The zero-order valence-corrected chi connectivity index (χ0v) is 9.64. The van der Waals surface area contributed by atoms with Gasteiger partial charge in [-0.2, -0.15) is 0 Å². The standard InChI is InChI=1S/C11H18N2O3/c1-8-3-4-9(16-8)5-6-13(2)7-10(12)11(14)15/h3-4,10H,5-7,12H2,1-2H3,(H,14,15). The van der Waals surface area contributed by atoms with E-state index in [1.807, 2.05) is 31.0 Å². The van der Waals surface area contributed by atoms with E-state index in [-0.39, 0.29) is 0 Å². The average Bonchev–Trinajstić information content (AvgIpc) is 2.61. The van der Waals surface area contributed by atoms with Crippen LogP contribution in [0.4, 0.5) is 0 Å². The van der Waals surface area contributed by atoms with Gasteiger partial charge in [0.05, 0.1) is 0 Å². The van der Waals surface area contributed by atoms with Gasteiger partial charge in [-0.1, -0.05) is 0 Å². The molecule has 3 N–H and O–H groups in total. The number of carbonyl (C=O) groups is 1. The molecule has 1 rings (SSSR count). The Balaban J connectivity index is 2.30. The zero-order chi connectivity index (χ0) is 12.1. The number of aliphatic carboxylic acids is 1. The molecule has 0 saturated carbocycles. The van der Waals surface area contributed by atoms with Gasteiger partial charge in [0.2, 0.25) is 0 Å². The third-order valence-electron chi connectivity index (χ3n) is 2.36. The summed E-state index contributed by atoms with van der Waals surface area (Å²) in [6.07, 6.45) is 0.761. The Kier molecular flexibility index (Phi) is 4.52. The minimum Gasteiger partial charge on any atom is -0.480 e. The van der Waals surface area contributed by atoms with Crippen LogP contribution in [0, 0.1) is 6.92 Å². The molecular weight excluding hydrogens is 208 g/mol. The topological polar surface area (TPSA) is 79.7 Å². The molecule has 1 atom stereocenters. The van der Waals surface area contributed by atoms with Gasteiger partial charge >= 0.3 is 5.97 Å². The molecule has 90 valence electrons. The first kappa shape index (κ1) is 12.7. The van der Waals surface area contributed by atoms with E-state index in [0.29, 0.717) is 6.54 Å². The minimum atomic E-state index is -0.972. The van der Waals surface area contributed by atoms with Gasteiger partial charge in [-0.25, -0.2) is 0 Å². The number of rotatable bonds is 6. The van der Waals surface area contributed by atoms with E-state index in [0.717, 1.165) is 24.5 Å². The van der Waals surface area contributed by atoms with Crippen LogP contribution in [0.1, 0.15) is 11.5 Å². The van der Waals surface area contributed by atoms with Gasteiger partial charge in [-0.15, -0.1) is 0 Å². The van der Waals surface area contributed by atoms with E-state index in [1.54, 1.807) is 0 Å². The Morgan fingerprint density at radius 2 is 2.31 bits per heavy atom. The molecule has 5 nitrogen and oxygen atoms in total. The third kappa shape index (κ3) is 4.04. The zero-order valence-electron chi connectivity index (χ0n) is 9.64. The Bertz CT molecular complexity index is 349. The van der Waals surface area contributed by atoms with Crippen molar-refractivity contribution in [1.29, 1.82) is 0 Å². The molecule has 0 spiro atoms. The largest absolute Gasteiger partial charge is 0.480 e. The molecule has 0 aliphatic heterocycles. The van der Waals surface area contributed by atoms with Crippen molar-refractivity contribution in [2.75, 3.05) is 20.1 Å². The third-order valence-corrected chi connectivity index (χ3v) is 2.36. The Labute approximate surface area is 94.8 Å². The SMILES string of the molecule is Cc1ccc(CCN(C)CC(N)C(=O)O)o1. The van der Waals surface area contributed by atoms with Crippen molar-refractivity contribution in [3.8, 4) is 0 Å². The quantitative estimate of drug-likeness (QED) is 0.737. The molecule has 1 heterocycles. The van der Waals surface area contributed by atoms with E-state index >= 15 is 0 Å². The molecule has 1 aromatic rings. The predicted molar refractivity (Wildman–Crippen MR) is 60.3 cm³/mol. The fourth-order valence-electron chi connectivity index (χ4n) is 1.43. The number of nitrogens with zero attached hydrogens (tertiary/aromatic N) is 1. The summed E-state index contributed by atoms with van der Waals surface area (Å²) >= 11 is 0. The molecule has 0 amide bonds. The van der Waals surface area contributed by atoms with Gasteiger partial charge in [0.15, 0.2) is 0 Å². The lowest BCUT2D eigenvalue weighted by Gasteiger charge is -2.18. The number of carboxylic acid groups (broad SMARTS) is 1. The fourth-order valence-corrected chi connectivity index (χ4v) is 1.43. The van der Waals surface area contributed by atoms with Crippen LogP contribution in [0.5, 0.6) is 0 Å². The molecule has 1 unspecified atom stereocenters. The van der Waals surface area contributed by atoms with Gasteiger partial charge in [0.1, 0.15) is 17.6 Å². The van der Waals surface area contributed by atoms with Crippen LogP contribution in [0.3, 0.4) is 0 Å². The van der Waals surface area contributed by atoms with Gasteiger partial charge < -0.3 is 20.2 Å². The average molecular weight is 226 g/mol. The normalized spacial score (nSPS) is 13.0. The summed E-state index contributed by atoms with van der Waals surface area (Å²) in [5.41, 5.74) is 5.43. The molecule has 1 aromatic heterocycles. The van der Waals surface area contributed by atoms with E-state index in [4.69, 9.17) is 15.3 Å². The molecule has 0 bridgehead atoms. The first-order valence-electron chi connectivity index (χ1n) is 5.21. The van der Waals surface area contributed by atoms with Crippen molar-refractivity contribution < 1.29 is 14.3 Å². The van der Waals surface area contributed by atoms with E-state index in [2.05, 4.69) is 0 Å². The first-order chi connectivity index (χ1) is 7.49. The summed E-state index contributed by atoms with van der Waals surface area (Å²) in [6.45, 7) is 2.97. The van der Waals surface area contributed by atoms with Gasteiger partial charge in [-0.3, -0.25) is 4.79 Å². The number of furan rings is 1. The van der Waals surface area contributed by atoms with Crippen molar-refractivity contribution in [2.24, 2.45) is 5.73 Å². The number of likely N-dealkylation sites (N-methyl/N-ethyl adjacent to an activating group) is 1. The number of carboxylic acids is 1. The van der Waals surface area contributed by atoms with Crippen molar-refractivity contribution >= 4 is 5.97 Å². The summed E-state index contributed by atoms with van der Waals surface area (Å²) in [5, 5.41) is 8.65. The van der Waals surface area contributed by atoms with Gasteiger partial charge in [0.25, 0.3) is 0 Å². The Hall–Kier alpha value is -1.33. The molecule has 16 heavy (non-hydrogen) atoms. The summed E-state index contributed by atoms with van der Waals surface area (Å²) in [5.74, 6) is 0.828. The summed E-state index contributed by atoms with van der Waals surface area (Å²) in [4.78, 5) is 12.4. The Morgan fingerprint density at radius 1 is 1.62 bits per heavy atom. The molecular formula is C11H18N2O3. The molecule has 0 radical (unpaired) electrons. The van der Waals surface area contributed by atoms with Crippen molar-refractivity contribution in [3.05, 3.63) is 23.7 Å². The minimum absolute atomic E-state index is 0.342. The Morgan fingerprint density at radius 3 is 2.81 bits per heavy atom. The number of hydrogen-bond acceptors (Lipinski definition) is 4. The van der Waals surface area contributed by atoms with Crippen LogP contribution in [0.2, 0.25) is 0 Å². The first-order valence-corrected chi connectivity index (χ1v) is 5.21. The molecule has 0 saturated heterocycles.